The molecular weight excluding hydrogens is 360 g/mol. The second-order valence-electron chi connectivity index (χ2n) is 6.38. The number of carbonyl (C=O) groups is 1. The highest BCUT2D eigenvalue weighted by atomic mass is 16.5. The monoisotopic (exact) mass is 382 g/mol. The van der Waals surface area contributed by atoms with Crippen molar-refractivity contribution >= 4 is 5.91 Å². The summed E-state index contributed by atoms with van der Waals surface area (Å²) in [5, 5.41) is 6.61. The summed E-state index contributed by atoms with van der Waals surface area (Å²) in [6, 6.07) is 8.92. The zero-order valence-corrected chi connectivity index (χ0v) is 16.2. The van der Waals surface area contributed by atoms with Crippen molar-refractivity contribution in [2.24, 2.45) is 0 Å². The number of methoxy groups -OCH3 is 2. The zero-order chi connectivity index (χ0) is 20.1. The second kappa shape index (κ2) is 8.51. The molecule has 0 aliphatic rings. The average molecular weight is 382 g/mol. The summed E-state index contributed by atoms with van der Waals surface area (Å²) < 4.78 is 15.8. The summed E-state index contributed by atoms with van der Waals surface area (Å²) in [6.07, 6.45) is 1.51. The van der Waals surface area contributed by atoms with Gasteiger partial charge in [-0.3, -0.25) is 9.78 Å². The molecule has 1 amide bonds. The molecule has 1 aromatic carbocycles. The van der Waals surface area contributed by atoms with Crippen molar-refractivity contribution in [3.8, 4) is 22.8 Å². The first-order chi connectivity index (χ1) is 13.5. The van der Waals surface area contributed by atoms with Crippen molar-refractivity contribution in [3.05, 3.63) is 53.8 Å². The Kier molecular flexibility index (Phi) is 5.88. The number of pyridine rings is 1. The number of rotatable bonds is 7. The smallest absolute Gasteiger partial charge is 0.253 e. The predicted octanol–water partition coefficient (Wildman–Crippen LogP) is 3.20. The highest BCUT2D eigenvalue weighted by Gasteiger charge is 2.13. The number of nitrogens with zero attached hydrogens (tertiary/aromatic N) is 3. The van der Waals surface area contributed by atoms with Crippen molar-refractivity contribution in [2.75, 3.05) is 14.2 Å². The number of aromatic nitrogens is 3. The van der Waals surface area contributed by atoms with Crippen LogP contribution >= 0.6 is 0 Å². The van der Waals surface area contributed by atoms with E-state index < -0.39 is 0 Å². The molecule has 8 heteroatoms. The molecule has 0 saturated heterocycles. The van der Waals surface area contributed by atoms with Crippen LogP contribution < -0.4 is 14.8 Å². The molecule has 0 aliphatic carbocycles. The summed E-state index contributed by atoms with van der Waals surface area (Å²) in [5.74, 6) is 2.21. The molecular formula is C20H22N4O4. The molecule has 28 heavy (non-hydrogen) atoms. The van der Waals surface area contributed by atoms with Crippen LogP contribution in [0.4, 0.5) is 0 Å². The third-order valence-electron chi connectivity index (χ3n) is 4.09. The van der Waals surface area contributed by atoms with Gasteiger partial charge in [0, 0.05) is 17.7 Å². The van der Waals surface area contributed by atoms with Crippen LogP contribution in [-0.2, 0) is 6.54 Å². The Morgan fingerprint density at radius 2 is 2.00 bits per heavy atom. The van der Waals surface area contributed by atoms with Gasteiger partial charge in [-0.25, -0.2) is 0 Å². The van der Waals surface area contributed by atoms with Crippen LogP contribution in [0.2, 0.25) is 0 Å². The molecule has 3 rings (SSSR count). The Balaban J connectivity index is 1.70. The van der Waals surface area contributed by atoms with E-state index >= 15 is 0 Å². The minimum absolute atomic E-state index is 0.141. The van der Waals surface area contributed by atoms with Gasteiger partial charge in [-0.2, -0.15) is 4.98 Å². The summed E-state index contributed by atoms with van der Waals surface area (Å²) in [7, 11) is 3.19. The Labute approximate surface area is 162 Å². The molecule has 0 saturated carbocycles. The maximum absolute atomic E-state index is 12.3. The van der Waals surface area contributed by atoms with E-state index in [-0.39, 0.29) is 18.4 Å². The molecule has 1 N–H and O–H groups in total. The molecule has 3 aromatic rings. The van der Waals surface area contributed by atoms with Crippen LogP contribution in [-0.4, -0.2) is 35.3 Å². The lowest BCUT2D eigenvalue weighted by molar-refractivity contribution is 0.0949. The van der Waals surface area contributed by atoms with E-state index in [9.17, 15) is 4.79 Å². The fraction of sp³-hybridized carbons (Fsp3) is 0.300. The van der Waals surface area contributed by atoms with E-state index in [1.165, 1.54) is 6.20 Å². The van der Waals surface area contributed by atoms with Gasteiger partial charge in [0.05, 0.1) is 32.0 Å². The van der Waals surface area contributed by atoms with E-state index in [0.29, 0.717) is 34.5 Å². The maximum atomic E-state index is 12.3. The second-order valence-corrected chi connectivity index (χ2v) is 6.38. The highest BCUT2D eigenvalue weighted by molar-refractivity contribution is 5.94. The third kappa shape index (κ3) is 4.28. The maximum Gasteiger partial charge on any atom is 0.253 e. The lowest BCUT2D eigenvalue weighted by Crippen LogP contribution is -2.23. The van der Waals surface area contributed by atoms with Crippen LogP contribution in [0.3, 0.4) is 0 Å². The minimum Gasteiger partial charge on any atom is -0.497 e. The Morgan fingerprint density at radius 1 is 1.18 bits per heavy atom. The van der Waals surface area contributed by atoms with Gasteiger partial charge in [-0.05, 0) is 30.3 Å². The van der Waals surface area contributed by atoms with E-state index in [1.807, 2.05) is 32.0 Å². The fourth-order valence-corrected chi connectivity index (χ4v) is 2.54. The van der Waals surface area contributed by atoms with E-state index in [0.717, 1.165) is 5.56 Å². The minimum atomic E-state index is -0.271. The number of carbonyl (C=O) groups excluding carboxylic acids is 1. The average Bonchev–Trinajstić information content (AvgIpc) is 3.21. The molecule has 0 atom stereocenters. The van der Waals surface area contributed by atoms with Crippen molar-refractivity contribution in [3.63, 3.8) is 0 Å². The molecule has 8 nitrogen and oxygen atoms in total. The number of hydrogen-bond acceptors (Lipinski definition) is 7. The van der Waals surface area contributed by atoms with Crippen LogP contribution in [0, 0.1) is 0 Å². The summed E-state index contributed by atoms with van der Waals surface area (Å²) in [4.78, 5) is 21.0. The van der Waals surface area contributed by atoms with Crippen molar-refractivity contribution in [2.45, 2.75) is 26.3 Å². The molecule has 0 aliphatic heterocycles. The van der Waals surface area contributed by atoms with Gasteiger partial charge >= 0.3 is 0 Å². The van der Waals surface area contributed by atoms with Gasteiger partial charge in [0.15, 0.2) is 5.82 Å². The van der Waals surface area contributed by atoms with Gasteiger partial charge in [0.25, 0.3) is 5.91 Å². The van der Waals surface area contributed by atoms with Gasteiger partial charge in [0.2, 0.25) is 5.89 Å². The topological polar surface area (TPSA) is 99.4 Å². The largest absolute Gasteiger partial charge is 0.497 e. The first-order valence-electron chi connectivity index (χ1n) is 8.81. The van der Waals surface area contributed by atoms with Crippen LogP contribution in [0.15, 0.2) is 41.1 Å². The van der Waals surface area contributed by atoms with Gasteiger partial charge < -0.3 is 19.3 Å². The standard InChI is InChI=1S/C20H22N4O4/c1-12(2)20-23-18(24-28-20)11-22-19(25)13-5-7-16(21-10-13)15-9-14(26-3)6-8-17(15)27-4/h5-10,12H,11H2,1-4H3,(H,22,25). The zero-order valence-electron chi connectivity index (χ0n) is 16.2. The normalized spacial score (nSPS) is 10.8. The van der Waals surface area contributed by atoms with E-state index in [2.05, 4.69) is 20.4 Å². The number of ether oxygens (including phenoxy) is 2. The predicted molar refractivity (Wildman–Crippen MR) is 102 cm³/mol. The van der Waals surface area contributed by atoms with E-state index in [4.69, 9.17) is 14.0 Å². The Hall–Kier alpha value is -3.42. The molecule has 2 heterocycles. The Morgan fingerprint density at radius 3 is 2.61 bits per heavy atom. The third-order valence-corrected chi connectivity index (χ3v) is 4.09. The molecule has 0 spiro atoms. The number of amides is 1. The summed E-state index contributed by atoms with van der Waals surface area (Å²) >= 11 is 0. The van der Waals surface area contributed by atoms with Gasteiger partial charge in [-0.1, -0.05) is 19.0 Å². The first-order valence-corrected chi connectivity index (χ1v) is 8.81. The van der Waals surface area contributed by atoms with Crippen LogP contribution in [0.1, 0.15) is 41.8 Å². The SMILES string of the molecule is COc1ccc(OC)c(-c2ccc(C(=O)NCc3noc(C(C)C)n3)cn2)c1. The number of nitrogens with one attached hydrogen (secondary N) is 1. The highest BCUT2D eigenvalue weighted by Crippen LogP contribution is 2.32. The van der Waals surface area contributed by atoms with E-state index in [1.54, 1.807) is 26.4 Å². The molecule has 0 unspecified atom stereocenters. The molecule has 2 aromatic heterocycles. The number of hydrogen-bond donors (Lipinski definition) is 1. The molecule has 0 radical (unpaired) electrons. The molecule has 0 bridgehead atoms. The van der Waals surface area contributed by atoms with Crippen molar-refractivity contribution < 1.29 is 18.8 Å². The van der Waals surface area contributed by atoms with Crippen LogP contribution in [0.25, 0.3) is 11.3 Å². The van der Waals surface area contributed by atoms with Crippen molar-refractivity contribution in [1.82, 2.24) is 20.4 Å². The van der Waals surface area contributed by atoms with Crippen LogP contribution in [0.5, 0.6) is 11.5 Å². The molecule has 146 valence electrons. The lowest BCUT2D eigenvalue weighted by atomic mass is 10.1. The lowest BCUT2D eigenvalue weighted by Gasteiger charge is -2.10. The summed E-state index contributed by atoms with van der Waals surface area (Å²) in [6.45, 7) is 4.10. The van der Waals surface area contributed by atoms with Gasteiger partial charge in [0.1, 0.15) is 11.5 Å². The Bertz CT molecular complexity index is 951. The summed E-state index contributed by atoms with van der Waals surface area (Å²) in [5.41, 5.74) is 1.88. The number of benzene rings is 1. The van der Waals surface area contributed by atoms with Crippen molar-refractivity contribution in [1.29, 1.82) is 0 Å². The fourth-order valence-electron chi connectivity index (χ4n) is 2.54. The molecule has 0 fully saturated rings. The quantitative estimate of drug-likeness (QED) is 0.670. The first kappa shape index (κ1) is 19.3. The van der Waals surface area contributed by atoms with Gasteiger partial charge in [-0.15, -0.1) is 0 Å².